The van der Waals surface area contributed by atoms with Crippen LogP contribution in [0.5, 0.6) is 0 Å². The summed E-state index contributed by atoms with van der Waals surface area (Å²) in [4.78, 5) is 26.5. The van der Waals surface area contributed by atoms with Gasteiger partial charge in [-0.3, -0.25) is 9.48 Å². The second-order valence-electron chi connectivity index (χ2n) is 4.24. The Morgan fingerprint density at radius 3 is 2.80 bits per heavy atom. The lowest BCUT2D eigenvalue weighted by atomic mass is 10.2. The molecule has 0 aliphatic heterocycles. The van der Waals surface area contributed by atoms with Crippen molar-refractivity contribution >= 4 is 23.2 Å². The zero-order valence-electron chi connectivity index (χ0n) is 11.1. The average Bonchev–Trinajstić information content (AvgIpc) is 2.96. The van der Waals surface area contributed by atoms with Crippen LogP contribution in [-0.2, 0) is 13.5 Å². The smallest absolute Gasteiger partial charge is 0.355 e. The molecule has 2 aromatic heterocycles. The van der Waals surface area contributed by atoms with E-state index in [0.29, 0.717) is 29.2 Å². The first kappa shape index (κ1) is 14.2. The molecule has 0 atom stereocenters. The van der Waals surface area contributed by atoms with Crippen molar-refractivity contribution in [2.24, 2.45) is 7.05 Å². The van der Waals surface area contributed by atoms with Crippen molar-refractivity contribution in [3.63, 3.8) is 0 Å². The van der Waals surface area contributed by atoms with Crippen LogP contribution in [0.3, 0.4) is 0 Å². The average molecular weight is 294 g/mol. The molecule has 8 heteroatoms. The molecule has 0 fully saturated rings. The van der Waals surface area contributed by atoms with Crippen LogP contribution in [0.25, 0.3) is 0 Å². The highest BCUT2D eigenvalue weighted by Crippen LogP contribution is 2.10. The van der Waals surface area contributed by atoms with Gasteiger partial charge in [0.15, 0.2) is 5.69 Å². The zero-order valence-corrected chi connectivity index (χ0v) is 11.9. The molecular formula is C12H14N4O3S. The van der Waals surface area contributed by atoms with Gasteiger partial charge >= 0.3 is 5.97 Å². The summed E-state index contributed by atoms with van der Waals surface area (Å²) >= 11 is 1.27. The summed E-state index contributed by atoms with van der Waals surface area (Å²) in [5.74, 6) is -1.23. The van der Waals surface area contributed by atoms with Gasteiger partial charge in [-0.05, 0) is 6.92 Å². The van der Waals surface area contributed by atoms with Crippen molar-refractivity contribution in [1.29, 1.82) is 0 Å². The van der Waals surface area contributed by atoms with E-state index >= 15 is 0 Å². The fraction of sp³-hybridized carbons (Fsp3) is 0.333. The van der Waals surface area contributed by atoms with Gasteiger partial charge in [-0.25, -0.2) is 9.78 Å². The minimum atomic E-state index is -1.04. The van der Waals surface area contributed by atoms with Crippen LogP contribution < -0.4 is 5.32 Å². The second-order valence-corrected chi connectivity index (χ2v) is 5.18. The number of hydrogen-bond acceptors (Lipinski definition) is 5. The molecule has 2 N–H and O–H groups in total. The maximum absolute atomic E-state index is 11.9. The number of carboxylic acid groups (broad SMARTS) is 1. The predicted octanol–water partition coefficient (Wildman–Crippen LogP) is 0.856. The standard InChI is InChI=1S/C12H14N4O3S/c1-7-8(5-16(2)15-7)11(17)13-4-3-10-14-9(6-20-10)12(18)19/h5-6H,3-4H2,1-2H3,(H,13,17)(H,18,19). The van der Waals surface area contributed by atoms with Crippen molar-refractivity contribution in [3.05, 3.63) is 33.5 Å². The Balaban J connectivity index is 1.87. The van der Waals surface area contributed by atoms with Gasteiger partial charge in [-0.1, -0.05) is 0 Å². The molecule has 0 saturated carbocycles. The second kappa shape index (κ2) is 5.83. The van der Waals surface area contributed by atoms with Crippen LogP contribution in [0.1, 0.15) is 31.5 Å². The molecule has 0 spiro atoms. The van der Waals surface area contributed by atoms with Gasteiger partial charge in [0.1, 0.15) is 0 Å². The Bertz CT molecular complexity index is 647. The molecule has 2 rings (SSSR count). The first-order valence-corrected chi connectivity index (χ1v) is 6.81. The van der Waals surface area contributed by atoms with Crippen molar-refractivity contribution in [1.82, 2.24) is 20.1 Å². The predicted molar refractivity (Wildman–Crippen MR) is 73.1 cm³/mol. The van der Waals surface area contributed by atoms with Crippen LogP contribution in [0.4, 0.5) is 0 Å². The summed E-state index contributed by atoms with van der Waals surface area (Å²) in [6, 6.07) is 0. The quantitative estimate of drug-likeness (QED) is 0.852. The molecule has 106 valence electrons. The third kappa shape index (κ3) is 3.21. The van der Waals surface area contributed by atoms with Gasteiger partial charge in [0.2, 0.25) is 0 Å². The summed E-state index contributed by atoms with van der Waals surface area (Å²) in [5, 5.41) is 17.8. The van der Waals surface area contributed by atoms with Crippen LogP contribution >= 0.6 is 11.3 Å². The molecule has 20 heavy (non-hydrogen) atoms. The summed E-state index contributed by atoms with van der Waals surface area (Å²) in [7, 11) is 1.76. The summed E-state index contributed by atoms with van der Waals surface area (Å²) in [5.41, 5.74) is 1.25. The number of nitrogens with one attached hydrogen (secondary N) is 1. The molecule has 0 saturated heterocycles. The number of aromatic carboxylic acids is 1. The van der Waals surface area contributed by atoms with E-state index in [1.54, 1.807) is 24.9 Å². The lowest BCUT2D eigenvalue weighted by Crippen LogP contribution is -2.26. The molecule has 7 nitrogen and oxygen atoms in total. The molecule has 0 aliphatic carbocycles. The van der Waals surface area contributed by atoms with E-state index in [2.05, 4.69) is 15.4 Å². The van der Waals surface area contributed by atoms with Gasteiger partial charge in [-0.15, -0.1) is 11.3 Å². The minimum Gasteiger partial charge on any atom is -0.476 e. The molecule has 2 heterocycles. The van der Waals surface area contributed by atoms with Crippen LogP contribution in [0.15, 0.2) is 11.6 Å². The Morgan fingerprint density at radius 1 is 1.50 bits per heavy atom. The van der Waals surface area contributed by atoms with Gasteiger partial charge in [0.05, 0.1) is 16.3 Å². The number of carbonyl (C=O) groups excluding carboxylic acids is 1. The Kier molecular flexibility index (Phi) is 4.14. The number of hydrogen-bond donors (Lipinski definition) is 2. The number of aryl methyl sites for hydroxylation is 2. The van der Waals surface area contributed by atoms with Crippen molar-refractivity contribution < 1.29 is 14.7 Å². The molecule has 2 aromatic rings. The maximum atomic E-state index is 11.9. The number of rotatable bonds is 5. The summed E-state index contributed by atoms with van der Waals surface area (Å²) in [6.07, 6.45) is 2.17. The molecule has 0 aromatic carbocycles. The number of carboxylic acids is 1. The first-order chi connectivity index (χ1) is 9.47. The molecule has 0 aliphatic rings. The number of amides is 1. The van der Waals surface area contributed by atoms with E-state index in [4.69, 9.17) is 5.11 Å². The fourth-order valence-electron chi connectivity index (χ4n) is 1.72. The normalized spacial score (nSPS) is 10.5. The third-order valence-electron chi connectivity index (χ3n) is 2.65. The fourth-order valence-corrected chi connectivity index (χ4v) is 2.50. The number of aromatic nitrogens is 3. The van der Waals surface area contributed by atoms with E-state index in [-0.39, 0.29) is 11.6 Å². The van der Waals surface area contributed by atoms with Crippen molar-refractivity contribution in [3.8, 4) is 0 Å². The van der Waals surface area contributed by atoms with Crippen LogP contribution in [-0.4, -0.2) is 38.3 Å². The lowest BCUT2D eigenvalue weighted by molar-refractivity contribution is 0.0690. The molecule has 0 unspecified atom stereocenters. The first-order valence-electron chi connectivity index (χ1n) is 5.93. The lowest BCUT2D eigenvalue weighted by Gasteiger charge is -2.02. The van der Waals surface area contributed by atoms with E-state index < -0.39 is 5.97 Å². The van der Waals surface area contributed by atoms with E-state index in [9.17, 15) is 9.59 Å². The monoisotopic (exact) mass is 294 g/mol. The number of carbonyl (C=O) groups is 2. The highest BCUT2D eigenvalue weighted by atomic mass is 32.1. The Morgan fingerprint density at radius 2 is 2.25 bits per heavy atom. The van der Waals surface area contributed by atoms with Gasteiger partial charge in [-0.2, -0.15) is 5.10 Å². The topological polar surface area (TPSA) is 97.1 Å². The van der Waals surface area contributed by atoms with E-state index in [1.807, 2.05) is 0 Å². The third-order valence-corrected chi connectivity index (χ3v) is 3.56. The molecular weight excluding hydrogens is 280 g/mol. The summed E-state index contributed by atoms with van der Waals surface area (Å²) in [6.45, 7) is 2.18. The van der Waals surface area contributed by atoms with Crippen molar-refractivity contribution in [2.45, 2.75) is 13.3 Å². The SMILES string of the molecule is Cc1nn(C)cc1C(=O)NCCc1nc(C(=O)O)cs1. The molecule has 0 bridgehead atoms. The number of thiazole rings is 1. The number of nitrogens with zero attached hydrogens (tertiary/aromatic N) is 3. The minimum absolute atomic E-state index is 0.0411. The zero-order chi connectivity index (χ0) is 14.7. The Labute approximate surface area is 119 Å². The summed E-state index contributed by atoms with van der Waals surface area (Å²) < 4.78 is 1.59. The highest BCUT2D eigenvalue weighted by Gasteiger charge is 2.12. The molecule has 0 radical (unpaired) electrons. The molecule has 1 amide bonds. The Hall–Kier alpha value is -2.22. The van der Waals surface area contributed by atoms with Gasteiger partial charge in [0, 0.05) is 31.6 Å². The van der Waals surface area contributed by atoms with Crippen LogP contribution in [0.2, 0.25) is 0 Å². The van der Waals surface area contributed by atoms with Gasteiger partial charge < -0.3 is 10.4 Å². The van der Waals surface area contributed by atoms with E-state index in [0.717, 1.165) is 0 Å². The van der Waals surface area contributed by atoms with Gasteiger partial charge in [0.25, 0.3) is 5.91 Å². The van der Waals surface area contributed by atoms with E-state index in [1.165, 1.54) is 16.7 Å². The van der Waals surface area contributed by atoms with Crippen molar-refractivity contribution in [2.75, 3.05) is 6.54 Å². The maximum Gasteiger partial charge on any atom is 0.355 e. The largest absolute Gasteiger partial charge is 0.476 e. The van der Waals surface area contributed by atoms with Crippen LogP contribution in [0, 0.1) is 6.92 Å². The highest BCUT2D eigenvalue weighted by molar-refractivity contribution is 7.09.